The molecule has 1 aromatic carbocycles. The Morgan fingerprint density at radius 1 is 1.38 bits per heavy atom. The monoisotopic (exact) mass is 384 g/mol. The molecule has 0 radical (unpaired) electrons. The van der Waals surface area contributed by atoms with Gasteiger partial charge >= 0.3 is 0 Å². The van der Waals surface area contributed by atoms with Crippen molar-refractivity contribution in [3.8, 4) is 0 Å². The highest BCUT2D eigenvalue weighted by Crippen LogP contribution is 2.31. The van der Waals surface area contributed by atoms with E-state index in [1.165, 1.54) is 16.7 Å². The van der Waals surface area contributed by atoms with Crippen molar-refractivity contribution >= 4 is 46.5 Å². The van der Waals surface area contributed by atoms with Crippen LogP contribution < -0.4 is 5.32 Å². The predicted octanol–water partition coefficient (Wildman–Crippen LogP) is 4.08. The molecular formula is C16H18Cl2N4OS. The van der Waals surface area contributed by atoms with Crippen LogP contribution in [0.3, 0.4) is 0 Å². The summed E-state index contributed by atoms with van der Waals surface area (Å²) in [6, 6.07) is 6.31. The van der Waals surface area contributed by atoms with E-state index >= 15 is 0 Å². The van der Waals surface area contributed by atoms with Crippen LogP contribution in [0.25, 0.3) is 0 Å². The molecule has 8 heteroatoms. The quantitative estimate of drug-likeness (QED) is 0.783. The van der Waals surface area contributed by atoms with E-state index in [9.17, 15) is 0 Å². The topological polar surface area (TPSA) is 50.3 Å². The lowest BCUT2D eigenvalue weighted by Gasteiger charge is -2.19. The first kappa shape index (κ1) is 17.8. The molecule has 0 atom stereocenters. The molecule has 5 nitrogen and oxygen atoms in total. The summed E-state index contributed by atoms with van der Waals surface area (Å²) in [6.45, 7) is 3.63. The highest BCUT2D eigenvalue weighted by molar-refractivity contribution is 7.99. The number of aromatic nitrogens is 2. The van der Waals surface area contributed by atoms with Gasteiger partial charge in [0.25, 0.3) is 0 Å². The fraction of sp³-hybridized carbons (Fsp3) is 0.375. The van der Waals surface area contributed by atoms with Crippen LogP contribution in [0.2, 0.25) is 10.3 Å². The third-order valence-electron chi connectivity index (χ3n) is 3.71. The molecule has 1 aliphatic rings. The van der Waals surface area contributed by atoms with Crippen molar-refractivity contribution in [2.24, 2.45) is 0 Å². The number of fused-ring (bicyclic) bond motifs is 1. The van der Waals surface area contributed by atoms with E-state index in [0.717, 1.165) is 37.7 Å². The maximum atomic E-state index is 6.12. The smallest absolute Gasteiger partial charge is 0.224 e. The number of ether oxygens (including phenoxy) is 1. The number of anilines is 2. The van der Waals surface area contributed by atoms with Crippen molar-refractivity contribution < 1.29 is 4.74 Å². The molecular weight excluding hydrogens is 367 g/mol. The average molecular weight is 385 g/mol. The number of halogens is 2. The van der Waals surface area contributed by atoms with Crippen molar-refractivity contribution in [3.63, 3.8) is 0 Å². The molecule has 0 unspecified atom stereocenters. The van der Waals surface area contributed by atoms with Crippen LogP contribution in [0.1, 0.15) is 5.56 Å². The van der Waals surface area contributed by atoms with Gasteiger partial charge in [-0.15, -0.1) is 11.8 Å². The summed E-state index contributed by atoms with van der Waals surface area (Å²) in [7, 11) is 1.74. The van der Waals surface area contributed by atoms with E-state index in [1.54, 1.807) is 7.11 Å². The lowest BCUT2D eigenvalue weighted by molar-refractivity contribution is 0.148. The summed E-state index contributed by atoms with van der Waals surface area (Å²) in [5, 5.41) is 3.82. The standard InChI is InChI=1S/C16H18Cl2N4OS/c1-23-6-4-22-5-7-24-14-3-2-12(8-11(14)10-22)20-15-13(17)9-19-16(18)21-15/h2-3,8-9H,4-7,10H2,1H3,(H,19,20,21). The van der Waals surface area contributed by atoms with Crippen LogP contribution in [0.4, 0.5) is 11.5 Å². The Hall–Kier alpha value is -1.05. The van der Waals surface area contributed by atoms with Gasteiger partial charge in [0, 0.05) is 43.1 Å². The van der Waals surface area contributed by atoms with Gasteiger partial charge in [0.1, 0.15) is 5.02 Å². The Labute approximate surface area is 155 Å². The average Bonchev–Trinajstić information content (AvgIpc) is 2.77. The van der Waals surface area contributed by atoms with Crippen LogP contribution >= 0.6 is 35.0 Å². The number of methoxy groups -OCH3 is 1. The van der Waals surface area contributed by atoms with E-state index in [-0.39, 0.29) is 5.28 Å². The third-order valence-corrected chi connectivity index (χ3v) is 5.26. The number of nitrogens with zero attached hydrogens (tertiary/aromatic N) is 3. The molecule has 0 spiro atoms. The van der Waals surface area contributed by atoms with E-state index in [4.69, 9.17) is 27.9 Å². The van der Waals surface area contributed by atoms with Crippen LogP contribution in [0, 0.1) is 0 Å². The minimum Gasteiger partial charge on any atom is -0.383 e. The first-order chi connectivity index (χ1) is 11.7. The Balaban J connectivity index is 1.79. The highest BCUT2D eigenvalue weighted by atomic mass is 35.5. The second-order valence-corrected chi connectivity index (χ2v) is 7.28. The molecule has 0 fully saturated rings. The molecule has 0 bridgehead atoms. The van der Waals surface area contributed by atoms with Gasteiger partial charge in [-0.3, -0.25) is 4.90 Å². The molecule has 0 saturated heterocycles. The van der Waals surface area contributed by atoms with Crippen molar-refractivity contribution in [1.29, 1.82) is 0 Å². The van der Waals surface area contributed by atoms with Gasteiger partial charge in [-0.2, -0.15) is 4.98 Å². The first-order valence-corrected chi connectivity index (χ1v) is 9.32. The van der Waals surface area contributed by atoms with Crippen molar-refractivity contribution in [2.75, 3.05) is 37.9 Å². The number of rotatable bonds is 5. The van der Waals surface area contributed by atoms with Gasteiger partial charge in [0.2, 0.25) is 5.28 Å². The van der Waals surface area contributed by atoms with Crippen molar-refractivity contribution in [1.82, 2.24) is 14.9 Å². The van der Waals surface area contributed by atoms with Gasteiger partial charge in [-0.25, -0.2) is 4.98 Å². The van der Waals surface area contributed by atoms with E-state index in [0.29, 0.717) is 10.8 Å². The lowest BCUT2D eigenvalue weighted by atomic mass is 10.2. The van der Waals surface area contributed by atoms with Gasteiger partial charge in [0.15, 0.2) is 5.82 Å². The van der Waals surface area contributed by atoms with E-state index < -0.39 is 0 Å². The minimum absolute atomic E-state index is 0.165. The molecule has 0 amide bonds. The molecule has 3 rings (SSSR count). The van der Waals surface area contributed by atoms with E-state index in [1.807, 2.05) is 17.8 Å². The van der Waals surface area contributed by atoms with Gasteiger partial charge in [-0.05, 0) is 35.4 Å². The Morgan fingerprint density at radius 2 is 2.25 bits per heavy atom. The number of thioether (sulfide) groups is 1. The van der Waals surface area contributed by atoms with Gasteiger partial charge < -0.3 is 10.1 Å². The normalized spacial score (nSPS) is 15.0. The summed E-state index contributed by atoms with van der Waals surface area (Å²) in [6.07, 6.45) is 1.49. The zero-order chi connectivity index (χ0) is 16.9. The Morgan fingerprint density at radius 3 is 3.08 bits per heavy atom. The fourth-order valence-corrected chi connectivity index (χ4v) is 3.82. The minimum atomic E-state index is 0.165. The van der Waals surface area contributed by atoms with E-state index in [2.05, 4.69) is 32.3 Å². The van der Waals surface area contributed by atoms with Crippen molar-refractivity contribution in [3.05, 3.63) is 40.3 Å². The first-order valence-electron chi connectivity index (χ1n) is 7.58. The highest BCUT2D eigenvalue weighted by Gasteiger charge is 2.15. The summed E-state index contributed by atoms with van der Waals surface area (Å²) >= 11 is 13.9. The summed E-state index contributed by atoms with van der Waals surface area (Å²) in [4.78, 5) is 11.7. The second kappa shape index (κ2) is 8.36. The zero-order valence-corrected chi connectivity index (χ0v) is 15.6. The zero-order valence-electron chi connectivity index (χ0n) is 13.3. The largest absolute Gasteiger partial charge is 0.383 e. The summed E-state index contributed by atoms with van der Waals surface area (Å²) in [5.41, 5.74) is 2.22. The molecule has 0 aliphatic carbocycles. The number of nitrogens with one attached hydrogen (secondary N) is 1. The number of hydrogen-bond acceptors (Lipinski definition) is 6. The second-order valence-electron chi connectivity index (χ2n) is 5.40. The molecule has 1 aromatic heterocycles. The molecule has 0 saturated carbocycles. The maximum absolute atomic E-state index is 6.12. The molecule has 2 heterocycles. The molecule has 1 N–H and O–H groups in total. The molecule has 24 heavy (non-hydrogen) atoms. The maximum Gasteiger partial charge on any atom is 0.224 e. The number of hydrogen-bond donors (Lipinski definition) is 1. The van der Waals surface area contributed by atoms with Gasteiger partial charge in [0.05, 0.1) is 12.8 Å². The summed E-state index contributed by atoms with van der Waals surface area (Å²) in [5.74, 6) is 1.59. The fourth-order valence-electron chi connectivity index (χ4n) is 2.51. The summed E-state index contributed by atoms with van der Waals surface area (Å²) < 4.78 is 5.20. The van der Waals surface area contributed by atoms with Gasteiger partial charge in [-0.1, -0.05) is 11.6 Å². The molecule has 2 aromatic rings. The van der Waals surface area contributed by atoms with Crippen molar-refractivity contribution in [2.45, 2.75) is 11.4 Å². The molecule has 1 aliphatic heterocycles. The molecule has 128 valence electrons. The van der Waals surface area contributed by atoms with Crippen LogP contribution in [-0.2, 0) is 11.3 Å². The SMILES string of the molecule is COCCN1CCSc2ccc(Nc3nc(Cl)ncc3Cl)cc2C1. The van der Waals surface area contributed by atoms with Crippen LogP contribution in [-0.4, -0.2) is 47.4 Å². The predicted molar refractivity (Wildman–Crippen MR) is 99.7 cm³/mol. The lowest BCUT2D eigenvalue weighted by Crippen LogP contribution is -2.28. The Kier molecular flexibility index (Phi) is 6.19. The third kappa shape index (κ3) is 4.52. The Bertz CT molecular complexity index is 714. The van der Waals surface area contributed by atoms with Crippen LogP contribution in [0.5, 0.6) is 0 Å². The number of benzene rings is 1. The van der Waals surface area contributed by atoms with Crippen LogP contribution in [0.15, 0.2) is 29.3 Å².